The number of carbonyl (C=O) groups excluding carboxylic acids is 3. The minimum Gasteiger partial charge on any atom is -0.462 e. The van der Waals surface area contributed by atoms with Crippen molar-refractivity contribution < 1.29 is 28.6 Å². The second-order valence-electron chi connectivity index (χ2n) is 19.9. The molecular formula is C67H112O6. The van der Waals surface area contributed by atoms with Crippen LogP contribution in [0.4, 0.5) is 0 Å². The Morgan fingerprint density at radius 2 is 0.534 bits per heavy atom. The largest absolute Gasteiger partial charge is 0.462 e. The van der Waals surface area contributed by atoms with Crippen molar-refractivity contribution in [3.05, 3.63) is 109 Å². The summed E-state index contributed by atoms with van der Waals surface area (Å²) in [6.07, 6.45) is 82.5. The first-order chi connectivity index (χ1) is 36.0. The summed E-state index contributed by atoms with van der Waals surface area (Å²) in [4.78, 5) is 38.1. The molecule has 0 amide bonds. The van der Waals surface area contributed by atoms with Crippen LogP contribution >= 0.6 is 0 Å². The number of hydrogen-bond acceptors (Lipinski definition) is 6. The number of hydrogen-bond donors (Lipinski definition) is 0. The lowest BCUT2D eigenvalue weighted by Gasteiger charge is -2.18. The summed E-state index contributed by atoms with van der Waals surface area (Å²) in [5.74, 6) is -0.953. The van der Waals surface area contributed by atoms with Crippen LogP contribution in [0.15, 0.2) is 109 Å². The van der Waals surface area contributed by atoms with E-state index in [4.69, 9.17) is 14.2 Å². The number of esters is 3. The zero-order valence-corrected chi connectivity index (χ0v) is 47.6. The van der Waals surface area contributed by atoms with Crippen LogP contribution in [0.3, 0.4) is 0 Å². The third-order valence-corrected chi connectivity index (χ3v) is 12.8. The number of unbranched alkanes of at least 4 members (excludes halogenated alkanes) is 25. The van der Waals surface area contributed by atoms with Gasteiger partial charge in [-0.25, -0.2) is 0 Å². The second-order valence-corrected chi connectivity index (χ2v) is 19.9. The summed E-state index contributed by atoms with van der Waals surface area (Å²) in [5, 5.41) is 0. The fourth-order valence-corrected chi connectivity index (χ4v) is 8.27. The van der Waals surface area contributed by atoms with Gasteiger partial charge in [-0.05, 0) is 83.5 Å². The van der Waals surface area contributed by atoms with Gasteiger partial charge < -0.3 is 14.2 Å². The summed E-state index contributed by atoms with van der Waals surface area (Å²) in [6.45, 7) is 6.47. The Labute approximate surface area is 450 Å². The molecule has 73 heavy (non-hydrogen) atoms. The molecule has 0 saturated heterocycles. The van der Waals surface area contributed by atoms with Gasteiger partial charge in [-0.3, -0.25) is 14.4 Å². The summed E-state index contributed by atoms with van der Waals surface area (Å²) in [6, 6.07) is 0. The molecule has 0 aromatic carbocycles. The molecule has 1 unspecified atom stereocenters. The Balaban J connectivity index is 4.34. The maximum absolute atomic E-state index is 12.8. The van der Waals surface area contributed by atoms with Gasteiger partial charge in [0.1, 0.15) is 13.2 Å². The van der Waals surface area contributed by atoms with Crippen LogP contribution in [-0.4, -0.2) is 37.2 Å². The van der Waals surface area contributed by atoms with Crippen LogP contribution in [0, 0.1) is 0 Å². The lowest BCUT2D eigenvalue weighted by molar-refractivity contribution is -0.167. The molecule has 0 N–H and O–H groups in total. The third-order valence-electron chi connectivity index (χ3n) is 12.8. The highest BCUT2D eigenvalue weighted by Crippen LogP contribution is 2.16. The Kier molecular flexibility index (Phi) is 57.4. The normalized spacial score (nSPS) is 12.9. The van der Waals surface area contributed by atoms with Gasteiger partial charge in [-0.1, -0.05) is 284 Å². The van der Waals surface area contributed by atoms with E-state index in [1.165, 1.54) is 128 Å². The average Bonchev–Trinajstić information content (AvgIpc) is 3.39. The highest BCUT2D eigenvalue weighted by molar-refractivity contribution is 5.71. The first kappa shape index (κ1) is 69.1. The Morgan fingerprint density at radius 1 is 0.288 bits per heavy atom. The smallest absolute Gasteiger partial charge is 0.306 e. The lowest BCUT2D eigenvalue weighted by Crippen LogP contribution is -2.30. The van der Waals surface area contributed by atoms with Gasteiger partial charge in [-0.2, -0.15) is 0 Å². The average molecular weight is 1010 g/mol. The van der Waals surface area contributed by atoms with Crippen LogP contribution in [0.1, 0.15) is 278 Å². The first-order valence-electron chi connectivity index (χ1n) is 30.4. The number of carbonyl (C=O) groups is 3. The molecular weight excluding hydrogens is 901 g/mol. The molecule has 0 aromatic rings. The first-order valence-corrected chi connectivity index (χ1v) is 30.4. The van der Waals surface area contributed by atoms with Crippen molar-refractivity contribution in [2.45, 2.75) is 284 Å². The van der Waals surface area contributed by atoms with Gasteiger partial charge in [0.2, 0.25) is 0 Å². The minimum absolute atomic E-state index is 0.0934. The van der Waals surface area contributed by atoms with Crippen LogP contribution in [0.5, 0.6) is 0 Å². The molecule has 6 heteroatoms. The molecule has 0 aliphatic heterocycles. The molecule has 0 bridgehead atoms. The van der Waals surface area contributed by atoms with Crippen molar-refractivity contribution in [2.75, 3.05) is 13.2 Å². The van der Waals surface area contributed by atoms with Gasteiger partial charge in [0, 0.05) is 19.3 Å². The van der Waals surface area contributed by atoms with E-state index in [1.54, 1.807) is 0 Å². The van der Waals surface area contributed by atoms with Gasteiger partial charge in [0.25, 0.3) is 0 Å². The van der Waals surface area contributed by atoms with Crippen molar-refractivity contribution in [3.8, 4) is 0 Å². The van der Waals surface area contributed by atoms with E-state index in [0.29, 0.717) is 19.3 Å². The molecule has 0 saturated carbocycles. The molecule has 0 aliphatic carbocycles. The molecule has 0 heterocycles. The van der Waals surface area contributed by atoms with E-state index in [2.05, 4.69) is 130 Å². The fourth-order valence-electron chi connectivity index (χ4n) is 8.27. The highest BCUT2D eigenvalue weighted by atomic mass is 16.6. The van der Waals surface area contributed by atoms with E-state index < -0.39 is 6.10 Å². The van der Waals surface area contributed by atoms with Crippen LogP contribution in [0.2, 0.25) is 0 Å². The maximum Gasteiger partial charge on any atom is 0.306 e. The molecule has 0 rings (SSSR count). The van der Waals surface area contributed by atoms with Gasteiger partial charge in [-0.15, -0.1) is 0 Å². The van der Waals surface area contributed by atoms with Crippen LogP contribution in [-0.2, 0) is 28.6 Å². The van der Waals surface area contributed by atoms with Crippen molar-refractivity contribution in [3.63, 3.8) is 0 Å². The van der Waals surface area contributed by atoms with Crippen molar-refractivity contribution in [2.24, 2.45) is 0 Å². The zero-order chi connectivity index (χ0) is 52.9. The lowest BCUT2D eigenvalue weighted by atomic mass is 10.0. The predicted molar refractivity (Wildman–Crippen MR) is 316 cm³/mol. The standard InChI is InChI=1S/C67H112O6/c1-4-7-10-13-16-19-21-23-25-27-28-29-30-31-32-33-34-35-36-37-38-40-41-43-45-48-51-54-57-60-66(69)72-63-64(62-71-65(68)59-56-53-50-47-18-15-12-9-6-3)73-67(70)61-58-55-52-49-46-44-42-39-26-24-22-20-17-14-11-8-5-2/h7,10,16,19,23,25,28-29,31-32,34-35,37-38,41,43,48,51,64H,4-6,8-9,11-15,17-18,20-22,24,26-27,30,33,36,39-40,42,44-47,49-50,52-63H2,1-3H3/b10-7-,19-16-,25-23-,29-28-,32-31-,35-34-,38-37-,43-41-,51-48-. The molecule has 0 radical (unpaired) electrons. The maximum atomic E-state index is 12.8. The molecule has 0 fully saturated rings. The molecule has 416 valence electrons. The van der Waals surface area contributed by atoms with Crippen LogP contribution in [0.25, 0.3) is 0 Å². The molecule has 0 aliphatic rings. The molecule has 6 nitrogen and oxygen atoms in total. The van der Waals surface area contributed by atoms with Gasteiger partial charge in [0.15, 0.2) is 6.10 Å². The SMILES string of the molecule is CC/C=C\C/C=C\C/C=C\C/C=C\C/C=C\C/C=C\C/C=C\C/C=C\C/C=C\CCCC(=O)OCC(COC(=O)CCCCCCCCCCC)OC(=O)CCCCCCCCCCCCCCCCCCC. The van der Waals surface area contributed by atoms with E-state index in [-0.39, 0.29) is 37.5 Å². The van der Waals surface area contributed by atoms with Crippen LogP contribution < -0.4 is 0 Å². The van der Waals surface area contributed by atoms with E-state index in [9.17, 15) is 14.4 Å². The monoisotopic (exact) mass is 1010 g/mol. The molecule has 0 aromatic heterocycles. The number of ether oxygens (including phenoxy) is 3. The van der Waals surface area contributed by atoms with E-state index in [0.717, 1.165) is 103 Å². The Hall–Kier alpha value is -3.93. The van der Waals surface area contributed by atoms with E-state index in [1.807, 2.05) is 0 Å². The predicted octanol–water partition coefficient (Wildman–Crippen LogP) is 20.7. The Morgan fingerprint density at radius 3 is 0.836 bits per heavy atom. The summed E-state index contributed by atoms with van der Waals surface area (Å²) in [7, 11) is 0. The van der Waals surface area contributed by atoms with Crippen molar-refractivity contribution >= 4 is 17.9 Å². The van der Waals surface area contributed by atoms with Crippen molar-refractivity contribution in [1.82, 2.24) is 0 Å². The van der Waals surface area contributed by atoms with Gasteiger partial charge >= 0.3 is 17.9 Å². The molecule has 0 spiro atoms. The second kappa shape index (κ2) is 60.6. The molecule has 1 atom stereocenters. The Bertz CT molecular complexity index is 1490. The highest BCUT2D eigenvalue weighted by Gasteiger charge is 2.19. The number of allylic oxidation sites excluding steroid dienone is 18. The minimum atomic E-state index is -0.799. The summed E-state index contributed by atoms with van der Waals surface area (Å²) in [5.41, 5.74) is 0. The number of rotatable bonds is 54. The quantitative estimate of drug-likeness (QED) is 0.0261. The zero-order valence-electron chi connectivity index (χ0n) is 47.6. The van der Waals surface area contributed by atoms with E-state index >= 15 is 0 Å². The third kappa shape index (κ3) is 58.8. The van der Waals surface area contributed by atoms with Gasteiger partial charge in [0.05, 0.1) is 0 Å². The summed E-state index contributed by atoms with van der Waals surface area (Å²) >= 11 is 0. The van der Waals surface area contributed by atoms with Crippen molar-refractivity contribution in [1.29, 1.82) is 0 Å². The topological polar surface area (TPSA) is 78.9 Å². The summed E-state index contributed by atoms with van der Waals surface area (Å²) < 4.78 is 16.8. The fraction of sp³-hybridized carbons (Fsp3) is 0.687.